The van der Waals surface area contributed by atoms with Gasteiger partial charge in [-0.05, 0) is 48.9 Å². The van der Waals surface area contributed by atoms with E-state index in [9.17, 15) is 4.79 Å². The monoisotopic (exact) mass is 368 g/mol. The summed E-state index contributed by atoms with van der Waals surface area (Å²) in [7, 11) is 0. The molecule has 2 aromatic rings. The van der Waals surface area contributed by atoms with Gasteiger partial charge >= 0.3 is 0 Å². The maximum absolute atomic E-state index is 13.2. The highest BCUT2D eigenvalue weighted by Gasteiger charge is 2.26. The SMILES string of the molecule is O=C(C[NH2+]C1CCCCC1)N1c2ccccc2C=Cc2ccccc21.[Cl-]. The Morgan fingerprint density at radius 3 is 2.00 bits per heavy atom. The lowest BCUT2D eigenvalue weighted by Gasteiger charge is -2.26. The van der Waals surface area contributed by atoms with Crippen LogP contribution in [0.15, 0.2) is 48.5 Å². The Morgan fingerprint density at radius 2 is 1.42 bits per heavy atom. The molecular weight excluding hydrogens is 344 g/mol. The fourth-order valence-corrected chi connectivity index (χ4v) is 3.97. The van der Waals surface area contributed by atoms with Crippen molar-refractivity contribution in [2.45, 2.75) is 38.1 Å². The van der Waals surface area contributed by atoms with Crippen molar-refractivity contribution < 1.29 is 22.5 Å². The van der Waals surface area contributed by atoms with Gasteiger partial charge in [-0.2, -0.15) is 0 Å². The molecular formula is C22H25ClN2O. The number of fused-ring (bicyclic) bond motifs is 2. The number of rotatable bonds is 3. The summed E-state index contributed by atoms with van der Waals surface area (Å²) >= 11 is 0. The first-order valence-corrected chi connectivity index (χ1v) is 9.35. The molecule has 2 N–H and O–H groups in total. The van der Waals surface area contributed by atoms with Gasteiger partial charge in [0.15, 0.2) is 6.54 Å². The van der Waals surface area contributed by atoms with Gasteiger partial charge in [0.25, 0.3) is 5.91 Å². The highest BCUT2D eigenvalue weighted by Crippen LogP contribution is 2.35. The number of para-hydroxylation sites is 2. The topological polar surface area (TPSA) is 36.9 Å². The van der Waals surface area contributed by atoms with Crippen LogP contribution in [0.2, 0.25) is 0 Å². The van der Waals surface area contributed by atoms with Crippen LogP contribution in [0.4, 0.5) is 11.4 Å². The van der Waals surface area contributed by atoms with Gasteiger partial charge in [0, 0.05) is 0 Å². The van der Waals surface area contributed by atoms with Crippen molar-refractivity contribution in [3.8, 4) is 0 Å². The molecule has 26 heavy (non-hydrogen) atoms. The number of benzene rings is 2. The minimum Gasteiger partial charge on any atom is -1.00 e. The molecule has 0 unspecified atom stereocenters. The molecule has 4 heteroatoms. The molecule has 4 rings (SSSR count). The number of hydrogen-bond acceptors (Lipinski definition) is 1. The van der Waals surface area contributed by atoms with Gasteiger partial charge in [0.1, 0.15) is 0 Å². The summed E-state index contributed by atoms with van der Waals surface area (Å²) in [5.41, 5.74) is 4.13. The van der Waals surface area contributed by atoms with Crippen LogP contribution in [0.5, 0.6) is 0 Å². The van der Waals surface area contributed by atoms with E-state index in [1.807, 2.05) is 41.3 Å². The summed E-state index contributed by atoms with van der Waals surface area (Å²) in [5.74, 6) is 0.161. The zero-order chi connectivity index (χ0) is 17.1. The molecule has 2 aliphatic rings. The molecule has 0 bridgehead atoms. The highest BCUT2D eigenvalue weighted by molar-refractivity contribution is 6.06. The first kappa shape index (κ1) is 18.7. The van der Waals surface area contributed by atoms with E-state index in [-0.39, 0.29) is 18.3 Å². The van der Waals surface area contributed by atoms with E-state index >= 15 is 0 Å². The predicted octanol–water partition coefficient (Wildman–Crippen LogP) is 0.735. The Hall–Kier alpha value is -2.10. The number of amides is 1. The van der Waals surface area contributed by atoms with Gasteiger partial charge in [0.05, 0.1) is 17.4 Å². The van der Waals surface area contributed by atoms with Crippen molar-refractivity contribution in [3.05, 3.63) is 59.7 Å². The molecule has 1 saturated carbocycles. The quantitative estimate of drug-likeness (QED) is 0.852. The molecule has 136 valence electrons. The molecule has 1 aliphatic heterocycles. The second-order valence-corrected chi connectivity index (χ2v) is 7.02. The van der Waals surface area contributed by atoms with Crippen LogP contribution in [0.3, 0.4) is 0 Å². The Labute approximate surface area is 161 Å². The second kappa shape index (κ2) is 8.52. The Kier molecular flexibility index (Phi) is 6.12. The van der Waals surface area contributed by atoms with Crippen molar-refractivity contribution in [2.75, 3.05) is 11.4 Å². The zero-order valence-electron chi connectivity index (χ0n) is 14.9. The lowest BCUT2D eigenvalue weighted by atomic mass is 9.95. The number of carbonyl (C=O) groups excluding carboxylic acids is 1. The number of quaternary nitrogens is 1. The van der Waals surface area contributed by atoms with Crippen molar-refractivity contribution in [1.82, 2.24) is 0 Å². The van der Waals surface area contributed by atoms with E-state index in [0.29, 0.717) is 12.6 Å². The number of carbonyl (C=O) groups is 1. The molecule has 0 aromatic heterocycles. The third-order valence-corrected chi connectivity index (χ3v) is 5.32. The van der Waals surface area contributed by atoms with E-state index in [4.69, 9.17) is 0 Å². The van der Waals surface area contributed by atoms with Gasteiger partial charge in [-0.1, -0.05) is 55.0 Å². The fraction of sp³-hybridized carbons (Fsp3) is 0.318. The Morgan fingerprint density at radius 1 is 0.885 bits per heavy atom. The lowest BCUT2D eigenvalue weighted by molar-refractivity contribution is -0.681. The van der Waals surface area contributed by atoms with Gasteiger partial charge in [-0.3, -0.25) is 9.69 Å². The molecule has 1 aliphatic carbocycles. The normalized spacial score (nSPS) is 16.2. The van der Waals surface area contributed by atoms with Crippen molar-refractivity contribution in [1.29, 1.82) is 0 Å². The van der Waals surface area contributed by atoms with Gasteiger partial charge in [-0.15, -0.1) is 0 Å². The number of nitrogens with zero attached hydrogens (tertiary/aromatic N) is 1. The van der Waals surface area contributed by atoms with Crippen LogP contribution >= 0.6 is 0 Å². The van der Waals surface area contributed by atoms with Crippen LogP contribution in [0.25, 0.3) is 12.2 Å². The van der Waals surface area contributed by atoms with Gasteiger partial charge < -0.3 is 17.7 Å². The van der Waals surface area contributed by atoms with Crippen molar-refractivity contribution in [3.63, 3.8) is 0 Å². The molecule has 0 atom stereocenters. The molecule has 1 amide bonds. The molecule has 1 heterocycles. The van der Waals surface area contributed by atoms with Crippen LogP contribution in [0.1, 0.15) is 43.2 Å². The molecule has 1 fully saturated rings. The van der Waals surface area contributed by atoms with Crippen LogP contribution in [-0.2, 0) is 4.79 Å². The van der Waals surface area contributed by atoms with Gasteiger partial charge in [0.2, 0.25) is 0 Å². The number of nitrogens with two attached hydrogens (primary N) is 1. The van der Waals surface area contributed by atoms with Crippen LogP contribution < -0.4 is 22.6 Å². The minimum atomic E-state index is 0. The average molecular weight is 369 g/mol. The third kappa shape index (κ3) is 3.84. The minimum absolute atomic E-state index is 0. The van der Waals surface area contributed by atoms with E-state index in [1.54, 1.807) is 0 Å². The Bertz CT molecular complexity index is 747. The number of halogens is 1. The number of hydrogen-bond donors (Lipinski definition) is 1. The first-order valence-electron chi connectivity index (χ1n) is 9.35. The summed E-state index contributed by atoms with van der Waals surface area (Å²) in [6, 6.07) is 16.9. The predicted molar refractivity (Wildman–Crippen MR) is 103 cm³/mol. The molecule has 0 saturated heterocycles. The maximum atomic E-state index is 13.2. The summed E-state index contributed by atoms with van der Waals surface area (Å²) in [5, 5.41) is 2.26. The molecule has 0 spiro atoms. The summed E-state index contributed by atoms with van der Waals surface area (Å²) in [6.07, 6.45) is 10.6. The van der Waals surface area contributed by atoms with E-state index in [2.05, 4.69) is 29.6 Å². The Balaban J connectivity index is 0.00000196. The highest BCUT2D eigenvalue weighted by atomic mass is 35.5. The summed E-state index contributed by atoms with van der Waals surface area (Å²) in [6.45, 7) is 0.507. The summed E-state index contributed by atoms with van der Waals surface area (Å²) in [4.78, 5) is 15.1. The number of anilines is 2. The standard InChI is InChI=1S/C22H24N2O.ClH/c25-22(16-23-19-10-2-1-3-11-19)24-20-12-6-4-8-17(20)14-15-18-9-5-7-13-21(18)24;/h4-9,12-15,19,23H,1-3,10-11,16H2;1H. The largest absolute Gasteiger partial charge is 1.00 e. The van der Waals surface area contributed by atoms with Crippen molar-refractivity contribution >= 4 is 29.4 Å². The summed E-state index contributed by atoms with van der Waals surface area (Å²) < 4.78 is 0. The fourth-order valence-electron chi connectivity index (χ4n) is 3.97. The van der Waals surface area contributed by atoms with Gasteiger partial charge in [-0.25, -0.2) is 0 Å². The molecule has 2 aromatic carbocycles. The lowest BCUT2D eigenvalue weighted by Crippen LogP contribution is -3.00. The third-order valence-electron chi connectivity index (χ3n) is 5.32. The molecule has 3 nitrogen and oxygen atoms in total. The maximum Gasteiger partial charge on any atom is 0.286 e. The van der Waals surface area contributed by atoms with E-state index in [0.717, 1.165) is 22.5 Å². The smallest absolute Gasteiger partial charge is 0.286 e. The average Bonchev–Trinajstić information content (AvgIpc) is 2.84. The van der Waals surface area contributed by atoms with Crippen LogP contribution in [-0.4, -0.2) is 18.5 Å². The second-order valence-electron chi connectivity index (χ2n) is 7.02. The molecule has 0 radical (unpaired) electrons. The van der Waals surface area contributed by atoms with E-state index < -0.39 is 0 Å². The van der Waals surface area contributed by atoms with Crippen molar-refractivity contribution in [2.24, 2.45) is 0 Å². The van der Waals surface area contributed by atoms with Crippen LogP contribution in [0, 0.1) is 0 Å². The van der Waals surface area contributed by atoms with E-state index in [1.165, 1.54) is 32.1 Å². The zero-order valence-corrected chi connectivity index (χ0v) is 15.7. The first-order chi connectivity index (χ1) is 12.3.